The Kier molecular flexibility index (Phi) is 4.65. The van der Waals surface area contributed by atoms with Crippen LogP contribution in [0.4, 0.5) is 5.88 Å². The van der Waals surface area contributed by atoms with Gasteiger partial charge in [0.2, 0.25) is 11.8 Å². The van der Waals surface area contributed by atoms with Crippen molar-refractivity contribution in [2.45, 2.75) is 31.8 Å². The van der Waals surface area contributed by atoms with Crippen LogP contribution in [-0.4, -0.2) is 46.4 Å². The number of hydrogen-bond donors (Lipinski definition) is 1. The summed E-state index contributed by atoms with van der Waals surface area (Å²) in [4.78, 5) is 38.4. The molecule has 22 heavy (non-hydrogen) atoms. The van der Waals surface area contributed by atoms with E-state index in [-0.39, 0.29) is 5.88 Å². The molecule has 1 N–H and O–H groups in total. The van der Waals surface area contributed by atoms with E-state index in [1.165, 1.54) is 16.1 Å². The maximum Gasteiger partial charge on any atom is 0.326 e. The molecule has 7 nitrogen and oxygen atoms in total. The van der Waals surface area contributed by atoms with Crippen molar-refractivity contribution in [2.24, 2.45) is 0 Å². The third-order valence-corrected chi connectivity index (χ3v) is 3.72. The van der Waals surface area contributed by atoms with E-state index in [1.807, 2.05) is 0 Å². The van der Waals surface area contributed by atoms with Crippen molar-refractivity contribution in [1.82, 2.24) is 4.90 Å². The van der Waals surface area contributed by atoms with Crippen molar-refractivity contribution < 1.29 is 23.9 Å². The fraction of sp³-hybridized carbons (Fsp3) is 0.400. The first-order valence-electron chi connectivity index (χ1n) is 6.99. The van der Waals surface area contributed by atoms with Crippen LogP contribution in [0.25, 0.3) is 0 Å². The van der Waals surface area contributed by atoms with Gasteiger partial charge in [-0.1, -0.05) is 6.58 Å². The van der Waals surface area contributed by atoms with E-state index in [0.717, 1.165) is 6.08 Å². The van der Waals surface area contributed by atoms with Gasteiger partial charge in [-0.25, -0.2) is 4.79 Å². The first kappa shape index (κ1) is 15.8. The third kappa shape index (κ3) is 2.88. The summed E-state index contributed by atoms with van der Waals surface area (Å²) in [7, 11) is 0. The number of nitrogens with zero attached hydrogens (tertiary/aromatic N) is 2. The van der Waals surface area contributed by atoms with Crippen LogP contribution >= 0.6 is 0 Å². The summed E-state index contributed by atoms with van der Waals surface area (Å²) >= 11 is 0. The molecule has 2 atom stereocenters. The van der Waals surface area contributed by atoms with E-state index in [9.17, 15) is 19.5 Å². The van der Waals surface area contributed by atoms with Crippen LogP contribution in [0.3, 0.4) is 0 Å². The van der Waals surface area contributed by atoms with Crippen LogP contribution in [-0.2, 0) is 14.4 Å². The van der Waals surface area contributed by atoms with Gasteiger partial charge in [-0.3, -0.25) is 14.5 Å². The number of carbonyl (C=O) groups excluding carboxylic acids is 2. The molecule has 1 aliphatic rings. The lowest BCUT2D eigenvalue weighted by molar-refractivity contribution is -0.148. The van der Waals surface area contributed by atoms with Crippen LogP contribution in [0.5, 0.6) is 0 Å². The quantitative estimate of drug-likeness (QED) is 0.827. The number of carbonyl (C=O) groups is 3. The van der Waals surface area contributed by atoms with Crippen molar-refractivity contribution >= 4 is 23.7 Å². The molecule has 118 valence electrons. The number of carboxylic acids is 1. The largest absolute Gasteiger partial charge is 0.480 e. The van der Waals surface area contributed by atoms with Crippen molar-refractivity contribution in [3.8, 4) is 0 Å². The summed E-state index contributed by atoms with van der Waals surface area (Å²) in [6.45, 7) is 5.34. The van der Waals surface area contributed by atoms with E-state index >= 15 is 0 Å². The highest BCUT2D eigenvalue weighted by Crippen LogP contribution is 2.23. The van der Waals surface area contributed by atoms with Gasteiger partial charge in [0.25, 0.3) is 5.91 Å². The molecule has 2 rings (SSSR count). The number of likely N-dealkylation sites (tertiary alicyclic amines) is 1. The van der Waals surface area contributed by atoms with Crippen molar-refractivity contribution in [3.63, 3.8) is 0 Å². The predicted octanol–water partition coefficient (Wildman–Crippen LogP) is 1.26. The van der Waals surface area contributed by atoms with Gasteiger partial charge in [-0.05, 0) is 31.9 Å². The Hall–Kier alpha value is -2.57. The highest BCUT2D eigenvalue weighted by atomic mass is 16.4. The van der Waals surface area contributed by atoms with E-state index in [0.29, 0.717) is 19.4 Å². The monoisotopic (exact) mass is 306 g/mol. The van der Waals surface area contributed by atoms with E-state index in [2.05, 4.69) is 6.58 Å². The van der Waals surface area contributed by atoms with Gasteiger partial charge in [-0.2, -0.15) is 0 Å². The molecule has 0 aromatic carbocycles. The molecule has 1 saturated heterocycles. The molecule has 0 bridgehead atoms. The molecule has 1 aromatic heterocycles. The number of anilines is 1. The summed E-state index contributed by atoms with van der Waals surface area (Å²) in [6, 6.07) is 1.44. The number of amides is 2. The van der Waals surface area contributed by atoms with Crippen molar-refractivity contribution in [3.05, 3.63) is 31.1 Å². The number of aliphatic carboxylic acids is 1. The normalized spacial score (nSPS) is 18.8. The molecule has 2 amide bonds. The Bertz CT molecular complexity index is 581. The van der Waals surface area contributed by atoms with Crippen molar-refractivity contribution in [1.29, 1.82) is 0 Å². The zero-order chi connectivity index (χ0) is 16.3. The predicted molar refractivity (Wildman–Crippen MR) is 78.2 cm³/mol. The lowest BCUT2D eigenvalue weighted by atomic mass is 10.2. The first-order valence-corrected chi connectivity index (χ1v) is 6.99. The van der Waals surface area contributed by atoms with Gasteiger partial charge in [0.05, 0.1) is 6.26 Å². The van der Waals surface area contributed by atoms with Gasteiger partial charge in [0, 0.05) is 12.6 Å². The summed E-state index contributed by atoms with van der Waals surface area (Å²) in [6.07, 6.45) is 3.53. The molecule has 0 radical (unpaired) electrons. The minimum Gasteiger partial charge on any atom is -0.480 e. The van der Waals surface area contributed by atoms with Gasteiger partial charge >= 0.3 is 5.97 Å². The standard InChI is InChI=1S/C15H18N2O5/c1-3-12(18)17(13-7-5-9-22-13)10(2)14(19)16-8-4-6-11(16)15(20)21/h3,5,7,9-11H,1,4,6,8H2,2H3,(H,20,21)/t10-,11-/m0/s1. The average molecular weight is 306 g/mol. The molecule has 1 aliphatic heterocycles. The Morgan fingerprint density at radius 3 is 2.82 bits per heavy atom. The summed E-state index contributed by atoms with van der Waals surface area (Å²) in [5.41, 5.74) is 0. The Labute approximate surface area is 127 Å². The number of rotatable bonds is 5. The van der Waals surface area contributed by atoms with E-state index in [1.54, 1.807) is 19.1 Å². The first-order chi connectivity index (χ1) is 10.5. The zero-order valence-electron chi connectivity index (χ0n) is 12.3. The molecule has 0 spiro atoms. The molecule has 0 aliphatic carbocycles. The molecule has 0 saturated carbocycles. The smallest absolute Gasteiger partial charge is 0.326 e. The fourth-order valence-electron chi connectivity index (χ4n) is 2.63. The summed E-state index contributed by atoms with van der Waals surface area (Å²) in [5.74, 6) is -1.71. The Morgan fingerprint density at radius 2 is 2.27 bits per heavy atom. The molecule has 2 heterocycles. The van der Waals surface area contributed by atoms with Crippen molar-refractivity contribution in [2.75, 3.05) is 11.4 Å². The molecular weight excluding hydrogens is 288 g/mol. The van der Waals surface area contributed by atoms with Gasteiger partial charge in [0.15, 0.2) is 0 Å². The van der Waals surface area contributed by atoms with E-state index in [4.69, 9.17) is 4.42 Å². The second kappa shape index (κ2) is 6.46. The molecule has 1 fully saturated rings. The van der Waals surface area contributed by atoms with Gasteiger partial charge in [0.1, 0.15) is 12.1 Å². The van der Waals surface area contributed by atoms with Crippen LogP contribution < -0.4 is 4.90 Å². The van der Waals surface area contributed by atoms with Crippen LogP contribution in [0.2, 0.25) is 0 Å². The van der Waals surface area contributed by atoms with Crippen LogP contribution in [0.1, 0.15) is 19.8 Å². The fourth-order valence-corrected chi connectivity index (χ4v) is 2.63. The summed E-state index contributed by atoms with van der Waals surface area (Å²) < 4.78 is 5.20. The lowest BCUT2D eigenvalue weighted by Crippen LogP contribution is -2.52. The number of furan rings is 1. The minimum atomic E-state index is -1.03. The average Bonchev–Trinajstić information content (AvgIpc) is 3.17. The van der Waals surface area contributed by atoms with E-state index < -0.39 is 29.9 Å². The second-order valence-corrected chi connectivity index (χ2v) is 5.07. The van der Waals surface area contributed by atoms with Gasteiger partial charge in [-0.15, -0.1) is 0 Å². The maximum absolute atomic E-state index is 12.6. The molecule has 0 unspecified atom stereocenters. The molecule has 1 aromatic rings. The second-order valence-electron chi connectivity index (χ2n) is 5.07. The van der Waals surface area contributed by atoms with Crippen LogP contribution in [0, 0.1) is 0 Å². The number of carboxylic acid groups (broad SMARTS) is 1. The molecular formula is C15H18N2O5. The maximum atomic E-state index is 12.6. The Balaban J connectivity index is 2.25. The highest BCUT2D eigenvalue weighted by Gasteiger charge is 2.39. The molecule has 7 heteroatoms. The topological polar surface area (TPSA) is 91.1 Å². The minimum absolute atomic E-state index is 0.219. The Morgan fingerprint density at radius 1 is 1.55 bits per heavy atom. The highest BCUT2D eigenvalue weighted by molar-refractivity contribution is 6.05. The van der Waals surface area contributed by atoms with Gasteiger partial charge < -0.3 is 14.4 Å². The summed E-state index contributed by atoms with van der Waals surface area (Å²) in [5, 5.41) is 9.18. The third-order valence-electron chi connectivity index (χ3n) is 3.72. The zero-order valence-corrected chi connectivity index (χ0v) is 12.3. The number of hydrogen-bond acceptors (Lipinski definition) is 4. The lowest BCUT2D eigenvalue weighted by Gasteiger charge is -2.30. The SMILES string of the molecule is C=CC(=O)N(c1ccco1)[C@@H](C)C(=O)N1CCC[C@H]1C(=O)O. The van der Waals surface area contributed by atoms with Crippen LogP contribution in [0.15, 0.2) is 35.5 Å².